The standard InChI is InChI=1S/C16H24FN/c1-16(2)8-7-13(11-18-3)15(10-16)12-5-4-6-14(17)9-12/h4-6,9,13,15,18H,7-8,10-11H2,1-3H3. The lowest BCUT2D eigenvalue weighted by atomic mass is 9.65. The van der Waals surface area contributed by atoms with Gasteiger partial charge in [0, 0.05) is 0 Å². The highest BCUT2D eigenvalue weighted by Gasteiger charge is 2.35. The van der Waals surface area contributed by atoms with E-state index in [9.17, 15) is 4.39 Å². The van der Waals surface area contributed by atoms with Crippen LogP contribution in [0.5, 0.6) is 0 Å². The summed E-state index contributed by atoms with van der Waals surface area (Å²) in [6.07, 6.45) is 3.66. The highest BCUT2D eigenvalue weighted by atomic mass is 19.1. The Morgan fingerprint density at radius 2 is 2.17 bits per heavy atom. The molecule has 2 unspecified atom stereocenters. The van der Waals surface area contributed by atoms with E-state index in [-0.39, 0.29) is 5.82 Å². The lowest BCUT2D eigenvalue weighted by molar-refractivity contribution is 0.161. The Bertz CT molecular complexity index is 400. The third-order valence-corrected chi connectivity index (χ3v) is 4.28. The highest BCUT2D eigenvalue weighted by Crippen LogP contribution is 2.46. The van der Waals surface area contributed by atoms with E-state index < -0.39 is 0 Å². The predicted molar refractivity (Wildman–Crippen MR) is 74.2 cm³/mol. The zero-order valence-corrected chi connectivity index (χ0v) is 11.7. The van der Waals surface area contributed by atoms with E-state index in [1.807, 2.05) is 13.1 Å². The van der Waals surface area contributed by atoms with Crippen LogP contribution in [0.15, 0.2) is 24.3 Å². The number of halogens is 1. The van der Waals surface area contributed by atoms with Gasteiger partial charge >= 0.3 is 0 Å². The van der Waals surface area contributed by atoms with Gasteiger partial charge in [0.1, 0.15) is 5.82 Å². The van der Waals surface area contributed by atoms with Crippen molar-refractivity contribution in [3.63, 3.8) is 0 Å². The molecule has 2 heteroatoms. The average Bonchev–Trinajstić information content (AvgIpc) is 2.31. The fourth-order valence-corrected chi connectivity index (χ4v) is 3.28. The van der Waals surface area contributed by atoms with Gasteiger partial charge in [0.15, 0.2) is 0 Å². The first-order valence-electron chi connectivity index (χ1n) is 6.92. The SMILES string of the molecule is CNCC1CCC(C)(C)CC1c1cccc(F)c1. The molecule has 100 valence electrons. The molecule has 0 aromatic heterocycles. The maximum absolute atomic E-state index is 13.4. The third kappa shape index (κ3) is 3.11. The summed E-state index contributed by atoms with van der Waals surface area (Å²) in [4.78, 5) is 0. The van der Waals surface area contributed by atoms with Crippen molar-refractivity contribution >= 4 is 0 Å². The molecule has 1 aromatic carbocycles. The summed E-state index contributed by atoms with van der Waals surface area (Å²) in [5.41, 5.74) is 1.55. The number of nitrogens with one attached hydrogen (secondary N) is 1. The largest absolute Gasteiger partial charge is 0.319 e. The maximum atomic E-state index is 13.4. The van der Waals surface area contributed by atoms with Crippen LogP contribution in [-0.4, -0.2) is 13.6 Å². The monoisotopic (exact) mass is 249 g/mol. The summed E-state index contributed by atoms with van der Waals surface area (Å²) in [6, 6.07) is 7.17. The number of rotatable bonds is 3. The number of hydrogen-bond donors (Lipinski definition) is 1. The zero-order valence-electron chi connectivity index (χ0n) is 11.7. The van der Waals surface area contributed by atoms with E-state index in [0.717, 1.165) is 13.0 Å². The summed E-state index contributed by atoms with van der Waals surface area (Å²) in [5.74, 6) is 1.00. The zero-order chi connectivity index (χ0) is 13.2. The first kappa shape index (κ1) is 13.5. The van der Waals surface area contributed by atoms with Crippen LogP contribution in [0.3, 0.4) is 0 Å². The molecule has 0 amide bonds. The van der Waals surface area contributed by atoms with E-state index in [2.05, 4.69) is 25.2 Å². The molecule has 0 heterocycles. The third-order valence-electron chi connectivity index (χ3n) is 4.28. The van der Waals surface area contributed by atoms with E-state index in [1.54, 1.807) is 6.07 Å². The lowest BCUT2D eigenvalue weighted by Crippen LogP contribution is -2.33. The fourth-order valence-electron chi connectivity index (χ4n) is 3.28. The minimum absolute atomic E-state index is 0.112. The average molecular weight is 249 g/mol. The van der Waals surface area contributed by atoms with Crippen molar-refractivity contribution < 1.29 is 4.39 Å². The van der Waals surface area contributed by atoms with Crippen LogP contribution in [-0.2, 0) is 0 Å². The van der Waals surface area contributed by atoms with E-state index in [0.29, 0.717) is 17.3 Å². The summed E-state index contributed by atoms with van der Waals surface area (Å²) >= 11 is 0. The summed E-state index contributed by atoms with van der Waals surface area (Å²) in [5, 5.41) is 3.29. The molecule has 2 atom stereocenters. The Morgan fingerprint density at radius 3 is 2.83 bits per heavy atom. The van der Waals surface area contributed by atoms with Crippen LogP contribution in [0, 0.1) is 17.2 Å². The van der Waals surface area contributed by atoms with Crippen LogP contribution in [0.4, 0.5) is 4.39 Å². The van der Waals surface area contributed by atoms with Crippen molar-refractivity contribution in [2.75, 3.05) is 13.6 Å². The summed E-state index contributed by atoms with van der Waals surface area (Å²) in [6.45, 7) is 5.68. The van der Waals surface area contributed by atoms with Crippen molar-refractivity contribution in [2.24, 2.45) is 11.3 Å². The minimum Gasteiger partial charge on any atom is -0.319 e. The molecule has 1 saturated carbocycles. The fraction of sp³-hybridized carbons (Fsp3) is 0.625. The quantitative estimate of drug-likeness (QED) is 0.855. The van der Waals surface area contributed by atoms with Gasteiger partial charge in [-0.25, -0.2) is 4.39 Å². The normalized spacial score (nSPS) is 27.1. The topological polar surface area (TPSA) is 12.0 Å². The van der Waals surface area contributed by atoms with Crippen LogP contribution in [0.2, 0.25) is 0 Å². The molecular weight excluding hydrogens is 225 g/mol. The second kappa shape index (κ2) is 5.40. The molecule has 1 aromatic rings. The van der Waals surface area contributed by atoms with E-state index >= 15 is 0 Å². The van der Waals surface area contributed by atoms with Gasteiger partial charge in [-0.3, -0.25) is 0 Å². The molecule has 1 aliphatic carbocycles. The molecule has 1 nitrogen and oxygen atoms in total. The first-order chi connectivity index (χ1) is 8.52. The maximum Gasteiger partial charge on any atom is 0.123 e. The van der Waals surface area contributed by atoms with Gasteiger partial charge in [-0.15, -0.1) is 0 Å². The first-order valence-corrected chi connectivity index (χ1v) is 6.92. The van der Waals surface area contributed by atoms with Gasteiger partial charge in [-0.1, -0.05) is 26.0 Å². The van der Waals surface area contributed by atoms with Gasteiger partial charge in [-0.05, 0) is 67.8 Å². The van der Waals surface area contributed by atoms with Crippen molar-refractivity contribution in [2.45, 2.75) is 39.0 Å². The number of hydrogen-bond acceptors (Lipinski definition) is 1. The molecule has 18 heavy (non-hydrogen) atoms. The molecule has 1 fully saturated rings. The number of benzene rings is 1. The van der Waals surface area contributed by atoms with Gasteiger partial charge < -0.3 is 5.32 Å². The molecule has 0 radical (unpaired) electrons. The Hall–Kier alpha value is -0.890. The van der Waals surface area contributed by atoms with Crippen molar-refractivity contribution in [3.8, 4) is 0 Å². The molecule has 1 N–H and O–H groups in total. The van der Waals surface area contributed by atoms with Crippen molar-refractivity contribution in [1.29, 1.82) is 0 Å². The lowest BCUT2D eigenvalue weighted by Gasteiger charge is -2.41. The van der Waals surface area contributed by atoms with Gasteiger partial charge in [-0.2, -0.15) is 0 Å². The van der Waals surface area contributed by atoms with Gasteiger partial charge in [0.25, 0.3) is 0 Å². The van der Waals surface area contributed by atoms with Gasteiger partial charge in [0.05, 0.1) is 0 Å². The second-order valence-corrected chi connectivity index (χ2v) is 6.39. The van der Waals surface area contributed by atoms with Gasteiger partial charge in [0.2, 0.25) is 0 Å². The Kier molecular flexibility index (Phi) is 4.06. The summed E-state index contributed by atoms with van der Waals surface area (Å²) in [7, 11) is 2.00. The second-order valence-electron chi connectivity index (χ2n) is 6.39. The van der Waals surface area contributed by atoms with Crippen LogP contribution in [0.1, 0.15) is 44.6 Å². The Morgan fingerprint density at radius 1 is 1.39 bits per heavy atom. The molecular formula is C16H24FN. The van der Waals surface area contributed by atoms with Crippen molar-refractivity contribution in [1.82, 2.24) is 5.32 Å². The molecule has 0 spiro atoms. The molecule has 0 saturated heterocycles. The van der Waals surface area contributed by atoms with Crippen LogP contribution in [0.25, 0.3) is 0 Å². The molecule has 0 aliphatic heterocycles. The van der Waals surface area contributed by atoms with Crippen LogP contribution >= 0.6 is 0 Å². The molecule has 2 rings (SSSR count). The smallest absolute Gasteiger partial charge is 0.123 e. The van der Waals surface area contributed by atoms with E-state index in [4.69, 9.17) is 0 Å². The Labute approximate surface area is 110 Å². The van der Waals surface area contributed by atoms with E-state index in [1.165, 1.54) is 24.5 Å². The predicted octanol–water partition coefficient (Wildman–Crippen LogP) is 3.96. The Balaban J connectivity index is 2.24. The minimum atomic E-state index is -0.112. The van der Waals surface area contributed by atoms with Crippen LogP contribution < -0.4 is 5.32 Å². The highest BCUT2D eigenvalue weighted by molar-refractivity contribution is 5.23. The molecule has 1 aliphatic rings. The molecule has 0 bridgehead atoms. The summed E-state index contributed by atoms with van der Waals surface area (Å²) < 4.78 is 13.4. The van der Waals surface area contributed by atoms with Crippen molar-refractivity contribution in [3.05, 3.63) is 35.6 Å².